The normalized spacial score (nSPS) is 14.9. The van der Waals surface area contributed by atoms with Crippen LogP contribution < -0.4 is 5.32 Å². The van der Waals surface area contributed by atoms with Gasteiger partial charge in [-0.05, 0) is 62.9 Å². The second kappa shape index (κ2) is 10.3. The van der Waals surface area contributed by atoms with E-state index in [1.165, 1.54) is 6.42 Å². The van der Waals surface area contributed by atoms with Gasteiger partial charge in [-0.25, -0.2) is 4.68 Å². The van der Waals surface area contributed by atoms with E-state index in [-0.39, 0.29) is 18.3 Å². The first kappa shape index (κ1) is 20.5. The van der Waals surface area contributed by atoms with Gasteiger partial charge in [-0.15, -0.1) is 12.4 Å². The molecule has 0 aliphatic carbocycles. The molecule has 1 amide bonds. The van der Waals surface area contributed by atoms with Crippen LogP contribution in [0.1, 0.15) is 31.2 Å². The minimum Gasteiger partial charge on any atom is -0.343 e. The summed E-state index contributed by atoms with van der Waals surface area (Å²) < 4.78 is 1.87. The minimum absolute atomic E-state index is 0. The molecule has 1 N–H and O–H groups in total. The number of nitrogens with zero attached hydrogens (tertiary/aromatic N) is 3. The lowest BCUT2D eigenvalue weighted by atomic mass is 9.93. The number of carbonyl (C=O) groups excluding carboxylic acids is 1. The average molecular weight is 377 g/mol. The molecule has 6 heteroatoms. The minimum atomic E-state index is 0. The van der Waals surface area contributed by atoms with Crippen molar-refractivity contribution in [2.75, 3.05) is 26.7 Å². The van der Waals surface area contributed by atoms with Gasteiger partial charge < -0.3 is 10.2 Å². The van der Waals surface area contributed by atoms with E-state index in [1.54, 1.807) is 0 Å². The molecule has 2 heterocycles. The number of hydrogen-bond donors (Lipinski definition) is 1. The van der Waals surface area contributed by atoms with E-state index in [1.807, 2.05) is 59.4 Å². The monoisotopic (exact) mass is 376 g/mol. The Balaban J connectivity index is 0.00000243. The number of hydrogen-bond acceptors (Lipinski definition) is 3. The number of carbonyl (C=O) groups is 1. The predicted molar refractivity (Wildman–Crippen MR) is 107 cm³/mol. The van der Waals surface area contributed by atoms with E-state index >= 15 is 0 Å². The van der Waals surface area contributed by atoms with Crippen LogP contribution in [0.5, 0.6) is 0 Å². The van der Waals surface area contributed by atoms with E-state index in [0.717, 1.165) is 56.1 Å². The van der Waals surface area contributed by atoms with Gasteiger partial charge in [0.1, 0.15) is 0 Å². The average Bonchev–Trinajstić information content (AvgIpc) is 3.14. The summed E-state index contributed by atoms with van der Waals surface area (Å²) >= 11 is 0. The van der Waals surface area contributed by atoms with Gasteiger partial charge in [0.05, 0.1) is 11.9 Å². The lowest BCUT2D eigenvalue weighted by Gasteiger charge is -2.32. The highest BCUT2D eigenvalue weighted by Crippen LogP contribution is 2.21. The molecule has 26 heavy (non-hydrogen) atoms. The fourth-order valence-electron chi connectivity index (χ4n) is 3.44. The first-order valence-electron chi connectivity index (χ1n) is 9.27. The summed E-state index contributed by atoms with van der Waals surface area (Å²) in [5, 5.41) is 7.61. The number of para-hydroxylation sites is 1. The number of amides is 1. The van der Waals surface area contributed by atoms with Gasteiger partial charge in [0.25, 0.3) is 0 Å². The molecule has 2 aromatic rings. The number of likely N-dealkylation sites (tertiary alicyclic amines) is 1. The molecule has 1 fully saturated rings. The Kier molecular flexibility index (Phi) is 8.13. The number of piperidine rings is 1. The zero-order valence-corrected chi connectivity index (χ0v) is 16.3. The van der Waals surface area contributed by atoms with Crippen LogP contribution in [-0.4, -0.2) is 47.3 Å². The summed E-state index contributed by atoms with van der Waals surface area (Å²) in [4.78, 5) is 14.5. The maximum atomic E-state index is 12.5. The molecule has 0 atom stereocenters. The largest absolute Gasteiger partial charge is 0.343 e. The molecule has 0 radical (unpaired) electrons. The second-order valence-corrected chi connectivity index (χ2v) is 6.85. The number of halogens is 1. The summed E-state index contributed by atoms with van der Waals surface area (Å²) in [6.45, 7) is 2.90. The van der Waals surface area contributed by atoms with Crippen LogP contribution in [0.25, 0.3) is 5.69 Å². The van der Waals surface area contributed by atoms with Crippen molar-refractivity contribution in [3.05, 3.63) is 48.3 Å². The van der Waals surface area contributed by atoms with Gasteiger partial charge in [-0.3, -0.25) is 4.79 Å². The zero-order chi connectivity index (χ0) is 17.5. The van der Waals surface area contributed by atoms with Gasteiger partial charge >= 0.3 is 0 Å². The predicted octanol–water partition coefficient (Wildman–Crippen LogP) is 3.07. The van der Waals surface area contributed by atoms with Gasteiger partial charge in [0, 0.05) is 25.7 Å². The third-order valence-corrected chi connectivity index (χ3v) is 5.05. The van der Waals surface area contributed by atoms with E-state index in [4.69, 9.17) is 0 Å². The summed E-state index contributed by atoms with van der Waals surface area (Å²) in [6, 6.07) is 10.1. The van der Waals surface area contributed by atoms with E-state index in [9.17, 15) is 4.79 Å². The fraction of sp³-hybridized carbons (Fsp3) is 0.500. The van der Waals surface area contributed by atoms with Crippen molar-refractivity contribution in [3.8, 4) is 5.69 Å². The molecule has 1 saturated heterocycles. The van der Waals surface area contributed by atoms with Crippen molar-refractivity contribution in [2.45, 2.75) is 32.1 Å². The first-order chi connectivity index (χ1) is 12.3. The third-order valence-electron chi connectivity index (χ3n) is 5.05. The highest BCUT2D eigenvalue weighted by molar-refractivity contribution is 5.85. The van der Waals surface area contributed by atoms with Crippen molar-refractivity contribution >= 4 is 18.3 Å². The van der Waals surface area contributed by atoms with Gasteiger partial charge in [-0.1, -0.05) is 18.2 Å². The molecule has 3 rings (SSSR count). The molecule has 0 spiro atoms. The smallest absolute Gasteiger partial charge is 0.222 e. The molecule has 142 valence electrons. The number of aromatic nitrogens is 2. The third kappa shape index (κ3) is 5.58. The maximum absolute atomic E-state index is 12.5. The quantitative estimate of drug-likeness (QED) is 0.807. The van der Waals surface area contributed by atoms with Crippen LogP contribution in [0.2, 0.25) is 0 Å². The van der Waals surface area contributed by atoms with Crippen molar-refractivity contribution < 1.29 is 4.79 Å². The Hall–Kier alpha value is -1.85. The summed E-state index contributed by atoms with van der Waals surface area (Å²) in [6.07, 6.45) is 8.71. The van der Waals surface area contributed by atoms with Crippen LogP contribution >= 0.6 is 12.4 Å². The fourth-order valence-corrected chi connectivity index (χ4v) is 3.44. The second-order valence-electron chi connectivity index (χ2n) is 6.85. The highest BCUT2D eigenvalue weighted by Gasteiger charge is 2.22. The van der Waals surface area contributed by atoms with Crippen LogP contribution in [0.4, 0.5) is 0 Å². The van der Waals surface area contributed by atoms with Crippen LogP contribution in [0.15, 0.2) is 42.7 Å². The molecule has 0 bridgehead atoms. The molecular weight excluding hydrogens is 348 g/mol. The maximum Gasteiger partial charge on any atom is 0.222 e. The summed E-state index contributed by atoms with van der Waals surface area (Å²) in [5.74, 6) is 1.04. The van der Waals surface area contributed by atoms with Crippen LogP contribution in [0, 0.1) is 5.92 Å². The molecule has 5 nitrogen and oxygen atoms in total. The lowest BCUT2D eigenvalue weighted by Crippen LogP contribution is -2.39. The van der Waals surface area contributed by atoms with Gasteiger partial charge in [0.2, 0.25) is 5.91 Å². The number of nitrogens with one attached hydrogen (secondary N) is 1. The number of benzene rings is 1. The Labute approximate surface area is 162 Å². The van der Waals surface area contributed by atoms with Crippen molar-refractivity contribution in [1.29, 1.82) is 0 Å². The Bertz CT molecular complexity index is 665. The molecule has 1 aliphatic rings. The molecule has 1 aromatic heterocycles. The molecule has 0 saturated carbocycles. The standard InChI is InChI=1S/C20H28N4O.ClH/c1-21-12-9-17-10-13-23(14-11-17)20(25)8-7-18-15-22-24(16-18)19-5-3-2-4-6-19;/h2-6,15-17,21H,7-14H2,1H3;1H. The topological polar surface area (TPSA) is 50.2 Å². The lowest BCUT2D eigenvalue weighted by molar-refractivity contribution is -0.132. The Morgan fingerprint density at radius 1 is 1.23 bits per heavy atom. The number of aryl methyl sites for hydroxylation is 1. The summed E-state index contributed by atoms with van der Waals surface area (Å²) in [7, 11) is 2.00. The van der Waals surface area contributed by atoms with Gasteiger partial charge in [0.15, 0.2) is 0 Å². The summed E-state index contributed by atoms with van der Waals surface area (Å²) in [5.41, 5.74) is 2.16. The SMILES string of the molecule is CNCCC1CCN(C(=O)CCc2cnn(-c3ccccc3)c2)CC1.Cl. The molecular formula is C20H29ClN4O. The zero-order valence-electron chi connectivity index (χ0n) is 15.4. The Morgan fingerprint density at radius 2 is 1.96 bits per heavy atom. The van der Waals surface area contributed by atoms with Crippen molar-refractivity contribution in [2.24, 2.45) is 5.92 Å². The van der Waals surface area contributed by atoms with E-state index < -0.39 is 0 Å². The van der Waals surface area contributed by atoms with Crippen molar-refractivity contribution in [1.82, 2.24) is 20.0 Å². The van der Waals surface area contributed by atoms with Gasteiger partial charge in [-0.2, -0.15) is 5.10 Å². The molecule has 0 unspecified atom stereocenters. The number of rotatable bonds is 7. The van der Waals surface area contributed by atoms with E-state index in [0.29, 0.717) is 6.42 Å². The van der Waals surface area contributed by atoms with Crippen LogP contribution in [0.3, 0.4) is 0 Å². The Morgan fingerprint density at radius 3 is 2.65 bits per heavy atom. The first-order valence-corrected chi connectivity index (χ1v) is 9.27. The highest BCUT2D eigenvalue weighted by atomic mass is 35.5. The molecule has 1 aromatic carbocycles. The van der Waals surface area contributed by atoms with Crippen molar-refractivity contribution in [3.63, 3.8) is 0 Å². The van der Waals surface area contributed by atoms with Crippen LogP contribution in [-0.2, 0) is 11.2 Å². The molecule has 1 aliphatic heterocycles. The van der Waals surface area contributed by atoms with E-state index in [2.05, 4.69) is 10.4 Å².